The molecule has 0 fully saturated rings. The highest BCUT2D eigenvalue weighted by molar-refractivity contribution is 7.10. The molecule has 2 aromatic heterocycles. The molecule has 0 spiro atoms. The highest BCUT2D eigenvalue weighted by Gasteiger charge is 2.25. The number of benzene rings is 2. The van der Waals surface area contributed by atoms with Crippen LogP contribution in [0.15, 0.2) is 72.2 Å². The van der Waals surface area contributed by atoms with Gasteiger partial charge in [0, 0.05) is 28.0 Å². The van der Waals surface area contributed by atoms with E-state index in [9.17, 15) is 9.59 Å². The predicted octanol–water partition coefficient (Wildman–Crippen LogP) is 6.32. The lowest BCUT2D eigenvalue weighted by Gasteiger charge is -2.21. The maximum Gasteiger partial charge on any atom is 0.258 e. The molecule has 8 heteroatoms. The van der Waals surface area contributed by atoms with Gasteiger partial charge in [0.05, 0.1) is 34.4 Å². The van der Waals surface area contributed by atoms with Gasteiger partial charge in [-0.3, -0.25) is 9.59 Å². The number of thiophene rings is 1. The topological polar surface area (TPSA) is 54.3 Å². The summed E-state index contributed by atoms with van der Waals surface area (Å²) in [5.41, 5.74) is 3.32. The predicted molar refractivity (Wildman–Crippen MR) is 129 cm³/mol. The second-order valence-electron chi connectivity index (χ2n) is 7.38. The second kappa shape index (κ2) is 8.47. The normalized spacial score (nSPS) is 12.6. The Bertz CT molecular complexity index is 1310. The van der Waals surface area contributed by atoms with Crippen LogP contribution in [0.3, 0.4) is 0 Å². The Morgan fingerprint density at radius 3 is 2.41 bits per heavy atom. The van der Waals surface area contributed by atoms with E-state index >= 15 is 0 Å². The Hall–Kier alpha value is -3.06. The van der Waals surface area contributed by atoms with E-state index in [1.165, 1.54) is 0 Å². The molecule has 0 unspecified atom stereocenters. The Morgan fingerprint density at radius 2 is 1.66 bits per heavy atom. The second-order valence-corrected chi connectivity index (χ2v) is 9.19. The molecule has 5 rings (SSSR count). The molecule has 1 N–H and O–H groups in total. The standard InChI is InChI=1S/C24H17Cl2N3O2S/c25-18-4-1-5-19(26)22(18)23(30)27-16-8-6-15(7-9-16)24(31)29-13-17-3-2-11-28(17)14-21-20(29)10-12-32-21/h1-12H,13-14H2,(H,27,30). The largest absolute Gasteiger partial charge is 0.344 e. The number of rotatable bonds is 3. The molecule has 2 amide bonds. The summed E-state index contributed by atoms with van der Waals surface area (Å²) in [5.74, 6) is -0.498. The summed E-state index contributed by atoms with van der Waals surface area (Å²) in [5, 5.41) is 5.35. The van der Waals surface area contributed by atoms with E-state index in [0.29, 0.717) is 17.8 Å². The van der Waals surface area contributed by atoms with Crippen LogP contribution in [0.2, 0.25) is 10.0 Å². The molecule has 0 aliphatic carbocycles. The number of nitrogens with zero attached hydrogens (tertiary/aromatic N) is 2. The summed E-state index contributed by atoms with van der Waals surface area (Å²) in [6.45, 7) is 1.26. The van der Waals surface area contributed by atoms with Gasteiger partial charge in [0.2, 0.25) is 0 Å². The van der Waals surface area contributed by atoms with Crippen molar-refractivity contribution < 1.29 is 9.59 Å². The van der Waals surface area contributed by atoms with Crippen LogP contribution in [0.5, 0.6) is 0 Å². The van der Waals surface area contributed by atoms with E-state index in [4.69, 9.17) is 23.2 Å². The third-order valence-electron chi connectivity index (χ3n) is 5.39. The fourth-order valence-corrected chi connectivity index (χ4v) is 5.23. The number of carbonyl (C=O) groups excluding carboxylic acids is 2. The first-order valence-corrected chi connectivity index (χ1v) is 11.5. The number of carbonyl (C=O) groups is 2. The minimum absolute atomic E-state index is 0.0914. The molecule has 1 aliphatic rings. The fraction of sp³-hybridized carbons (Fsp3) is 0.0833. The van der Waals surface area contributed by atoms with Crippen molar-refractivity contribution in [1.82, 2.24) is 4.57 Å². The van der Waals surface area contributed by atoms with Gasteiger partial charge in [0.25, 0.3) is 11.8 Å². The number of halogens is 2. The van der Waals surface area contributed by atoms with Gasteiger partial charge < -0.3 is 14.8 Å². The van der Waals surface area contributed by atoms with Crippen LogP contribution in [0.4, 0.5) is 11.4 Å². The summed E-state index contributed by atoms with van der Waals surface area (Å²) in [7, 11) is 0. The minimum Gasteiger partial charge on any atom is -0.344 e. The third-order valence-corrected chi connectivity index (χ3v) is 6.92. The average Bonchev–Trinajstić information content (AvgIpc) is 3.39. The van der Waals surface area contributed by atoms with E-state index in [0.717, 1.165) is 22.8 Å². The summed E-state index contributed by atoms with van der Waals surface area (Å²) in [6, 6.07) is 17.8. The molecule has 3 heterocycles. The molecule has 160 valence electrons. The number of amides is 2. The Labute approximate surface area is 198 Å². The highest BCUT2D eigenvalue weighted by Crippen LogP contribution is 2.33. The fourth-order valence-electron chi connectivity index (χ4n) is 3.78. The zero-order valence-corrected chi connectivity index (χ0v) is 19.0. The number of hydrogen-bond donors (Lipinski definition) is 1. The zero-order chi connectivity index (χ0) is 22.2. The van der Waals surface area contributed by atoms with E-state index in [1.807, 2.05) is 34.7 Å². The van der Waals surface area contributed by atoms with Crippen molar-refractivity contribution in [3.63, 3.8) is 0 Å². The summed E-state index contributed by atoms with van der Waals surface area (Å²) in [4.78, 5) is 28.9. The lowest BCUT2D eigenvalue weighted by atomic mass is 10.1. The summed E-state index contributed by atoms with van der Waals surface area (Å²) >= 11 is 13.9. The number of aromatic nitrogens is 1. The van der Waals surface area contributed by atoms with Crippen LogP contribution in [0.1, 0.15) is 31.3 Å². The number of fused-ring (bicyclic) bond motifs is 2. The van der Waals surface area contributed by atoms with E-state index in [-0.39, 0.29) is 21.5 Å². The van der Waals surface area contributed by atoms with E-state index in [1.54, 1.807) is 53.8 Å². The monoisotopic (exact) mass is 481 g/mol. The van der Waals surface area contributed by atoms with Gasteiger partial charge in [0.15, 0.2) is 0 Å². The Kier molecular flexibility index (Phi) is 5.51. The van der Waals surface area contributed by atoms with Gasteiger partial charge in [-0.15, -0.1) is 11.3 Å². The third kappa shape index (κ3) is 3.81. The Balaban J connectivity index is 1.38. The first-order valence-electron chi connectivity index (χ1n) is 9.89. The molecule has 0 atom stereocenters. The van der Waals surface area contributed by atoms with Crippen LogP contribution in [0, 0.1) is 0 Å². The summed E-state index contributed by atoms with van der Waals surface area (Å²) < 4.78 is 2.17. The SMILES string of the molecule is O=C(Nc1ccc(C(=O)N2Cc3cccn3Cc3sccc32)cc1)c1c(Cl)cccc1Cl. The smallest absolute Gasteiger partial charge is 0.258 e. The van der Waals surface area contributed by atoms with Crippen molar-refractivity contribution in [3.05, 3.63) is 104 Å². The first kappa shape index (κ1) is 20.8. The zero-order valence-electron chi connectivity index (χ0n) is 16.7. The van der Waals surface area contributed by atoms with Crippen LogP contribution in [-0.4, -0.2) is 16.4 Å². The van der Waals surface area contributed by atoms with Crippen molar-refractivity contribution in [1.29, 1.82) is 0 Å². The van der Waals surface area contributed by atoms with Crippen molar-refractivity contribution in [2.24, 2.45) is 0 Å². The maximum absolute atomic E-state index is 13.4. The number of nitrogens with one attached hydrogen (secondary N) is 1. The lowest BCUT2D eigenvalue weighted by Crippen LogP contribution is -2.30. The molecular formula is C24H17Cl2N3O2S. The van der Waals surface area contributed by atoms with Gasteiger partial charge >= 0.3 is 0 Å². The van der Waals surface area contributed by atoms with Crippen LogP contribution in [0.25, 0.3) is 0 Å². The maximum atomic E-state index is 13.4. The van der Waals surface area contributed by atoms with Crippen molar-refractivity contribution in [3.8, 4) is 0 Å². The van der Waals surface area contributed by atoms with E-state index < -0.39 is 5.91 Å². The van der Waals surface area contributed by atoms with Gasteiger partial charge in [-0.25, -0.2) is 0 Å². The molecule has 0 saturated carbocycles. The molecule has 1 aliphatic heterocycles. The summed E-state index contributed by atoms with van der Waals surface area (Å²) in [6.07, 6.45) is 2.04. The number of anilines is 2. The lowest BCUT2D eigenvalue weighted by molar-refractivity contribution is 0.0984. The van der Waals surface area contributed by atoms with Crippen LogP contribution >= 0.6 is 34.5 Å². The molecule has 5 nitrogen and oxygen atoms in total. The van der Waals surface area contributed by atoms with Crippen molar-refractivity contribution in [2.45, 2.75) is 13.1 Å². The van der Waals surface area contributed by atoms with Crippen LogP contribution < -0.4 is 10.2 Å². The van der Waals surface area contributed by atoms with Gasteiger partial charge in [-0.05, 0) is 60.0 Å². The molecule has 4 aromatic rings. The minimum atomic E-state index is -0.407. The molecule has 0 radical (unpaired) electrons. The average molecular weight is 482 g/mol. The van der Waals surface area contributed by atoms with Gasteiger partial charge in [-0.2, -0.15) is 0 Å². The van der Waals surface area contributed by atoms with Crippen LogP contribution in [-0.2, 0) is 13.1 Å². The van der Waals surface area contributed by atoms with E-state index in [2.05, 4.69) is 9.88 Å². The van der Waals surface area contributed by atoms with Crippen molar-refractivity contribution in [2.75, 3.05) is 10.2 Å². The van der Waals surface area contributed by atoms with Crippen molar-refractivity contribution >= 4 is 57.7 Å². The molecule has 2 aromatic carbocycles. The highest BCUT2D eigenvalue weighted by atomic mass is 35.5. The quantitative estimate of drug-likeness (QED) is 0.372. The molecule has 0 bridgehead atoms. The first-order chi connectivity index (χ1) is 15.5. The molecular weight excluding hydrogens is 465 g/mol. The molecule has 32 heavy (non-hydrogen) atoms. The molecule has 0 saturated heterocycles. The number of hydrogen-bond acceptors (Lipinski definition) is 3. The Morgan fingerprint density at radius 1 is 0.906 bits per heavy atom. The van der Waals surface area contributed by atoms with Gasteiger partial charge in [-0.1, -0.05) is 29.3 Å². The van der Waals surface area contributed by atoms with Gasteiger partial charge in [0.1, 0.15) is 0 Å².